The second-order valence-electron chi connectivity index (χ2n) is 8.00. The minimum Gasteiger partial charge on any atom is -0.415 e. The van der Waals surface area contributed by atoms with E-state index in [9.17, 15) is 5.11 Å². The average Bonchev–Trinajstić information content (AvgIpc) is 2.34. The van der Waals surface area contributed by atoms with Crippen LogP contribution in [0.1, 0.15) is 65.2 Å². The number of hydrogen-bond acceptors (Lipinski definition) is 3. The summed E-state index contributed by atoms with van der Waals surface area (Å²) >= 11 is 4.66. The molecule has 0 bridgehead atoms. The van der Waals surface area contributed by atoms with E-state index < -0.39 is 9.76 Å². The molecule has 0 aliphatic carbocycles. The first-order valence-corrected chi connectivity index (χ1v) is 9.20. The number of thiol groups is 1. The summed E-state index contributed by atoms with van der Waals surface area (Å²) < 4.78 is 6.04. The Morgan fingerprint density at radius 1 is 1.00 bits per heavy atom. The third-order valence-corrected chi connectivity index (χ3v) is 5.43. The number of benzene rings is 1. The van der Waals surface area contributed by atoms with E-state index in [1.165, 1.54) is 0 Å². The number of aliphatic hydroxyl groups is 1. The molecule has 1 aromatic carbocycles. The lowest BCUT2D eigenvalue weighted by Crippen LogP contribution is -2.28. The van der Waals surface area contributed by atoms with E-state index in [-0.39, 0.29) is 22.0 Å². The van der Waals surface area contributed by atoms with Gasteiger partial charge in [0.25, 0.3) is 0 Å². The van der Waals surface area contributed by atoms with Gasteiger partial charge in [0.05, 0.1) is 12.2 Å². The molecule has 1 aromatic rings. The largest absolute Gasteiger partial charge is 0.415 e. The molecule has 0 aromatic heterocycles. The average molecular weight is 327 g/mol. The summed E-state index contributed by atoms with van der Waals surface area (Å²) in [5, 5.41) is 9.78. The van der Waals surface area contributed by atoms with Crippen molar-refractivity contribution in [3.8, 4) is 0 Å². The van der Waals surface area contributed by atoms with Gasteiger partial charge in [-0.25, -0.2) is 0 Å². The highest BCUT2D eigenvalue weighted by Gasteiger charge is 2.27. The molecule has 1 N–H and O–H groups in total. The first-order valence-electron chi connectivity index (χ1n) is 7.47. The maximum Gasteiger partial charge on any atom is 0.168 e. The van der Waals surface area contributed by atoms with Gasteiger partial charge >= 0.3 is 0 Å². The van der Waals surface area contributed by atoms with Crippen molar-refractivity contribution in [1.29, 1.82) is 0 Å². The lowest BCUT2D eigenvalue weighted by molar-refractivity contribution is 0.109. The van der Waals surface area contributed by atoms with Crippen molar-refractivity contribution in [2.45, 2.75) is 70.5 Å². The Morgan fingerprint density at radius 2 is 1.52 bits per heavy atom. The van der Waals surface area contributed by atoms with Gasteiger partial charge in [-0.2, -0.15) is 12.6 Å². The van der Waals surface area contributed by atoms with E-state index in [2.05, 4.69) is 67.2 Å². The van der Waals surface area contributed by atoms with Gasteiger partial charge < -0.3 is 9.53 Å². The Hall–Kier alpha value is -0.293. The van der Waals surface area contributed by atoms with E-state index in [1.807, 2.05) is 12.1 Å². The molecule has 0 atom stereocenters. The zero-order valence-electron chi connectivity index (χ0n) is 14.4. The number of rotatable bonds is 5. The Labute approximate surface area is 137 Å². The monoisotopic (exact) mass is 326 g/mol. The standard InChI is InChI=1S/C17H30O2SSi/c1-15(2,3)21-19-16(4,5)13-8-12(11-18)9-14(10-13)17(6,7)20/h8-10,18,20H,11,21H2,1-7H3. The summed E-state index contributed by atoms with van der Waals surface area (Å²) in [4.78, 5) is 0. The topological polar surface area (TPSA) is 29.5 Å². The van der Waals surface area contributed by atoms with Crippen molar-refractivity contribution in [2.24, 2.45) is 0 Å². The van der Waals surface area contributed by atoms with Crippen LogP contribution in [-0.4, -0.2) is 14.9 Å². The third-order valence-electron chi connectivity index (χ3n) is 3.44. The number of aliphatic hydroxyl groups excluding tert-OH is 1. The molecule has 2 nitrogen and oxygen atoms in total. The van der Waals surface area contributed by atoms with E-state index in [4.69, 9.17) is 4.43 Å². The van der Waals surface area contributed by atoms with Crippen LogP contribution in [-0.2, 0) is 21.4 Å². The van der Waals surface area contributed by atoms with Crippen molar-refractivity contribution >= 4 is 22.4 Å². The zero-order chi connectivity index (χ0) is 16.5. The first-order chi connectivity index (χ1) is 9.35. The zero-order valence-corrected chi connectivity index (χ0v) is 16.8. The van der Waals surface area contributed by atoms with Gasteiger partial charge in [0.2, 0.25) is 0 Å². The fraction of sp³-hybridized carbons (Fsp3) is 0.647. The van der Waals surface area contributed by atoms with Gasteiger partial charge in [0.15, 0.2) is 9.76 Å². The molecule has 0 radical (unpaired) electrons. The normalized spacial score (nSPS) is 14.1. The van der Waals surface area contributed by atoms with Gasteiger partial charge in [-0.3, -0.25) is 0 Å². The fourth-order valence-corrected chi connectivity index (χ4v) is 3.05. The van der Waals surface area contributed by atoms with Gasteiger partial charge in [0, 0.05) is 4.75 Å². The van der Waals surface area contributed by atoms with Crippen molar-refractivity contribution < 1.29 is 9.53 Å². The van der Waals surface area contributed by atoms with Gasteiger partial charge in [-0.05, 0) is 49.4 Å². The molecule has 120 valence electrons. The predicted molar refractivity (Wildman–Crippen MR) is 96.7 cm³/mol. The summed E-state index contributed by atoms with van der Waals surface area (Å²) in [5.41, 5.74) is 2.81. The van der Waals surface area contributed by atoms with Crippen LogP contribution in [0.5, 0.6) is 0 Å². The minimum absolute atomic E-state index is 0.0392. The van der Waals surface area contributed by atoms with Gasteiger partial charge in [-0.15, -0.1) is 0 Å². The molecule has 0 saturated heterocycles. The SMILES string of the molecule is CC(C)(C)[SiH2]OC(C)(C)c1cc(CO)cc(C(C)(C)S)c1. The molecular formula is C17H30O2SSi. The summed E-state index contributed by atoms with van der Waals surface area (Å²) in [5.74, 6) is 0. The fourth-order valence-electron chi connectivity index (χ4n) is 1.96. The number of hydrogen-bond donors (Lipinski definition) is 2. The molecule has 4 heteroatoms. The highest BCUT2D eigenvalue weighted by molar-refractivity contribution is 7.81. The molecule has 0 unspecified atom stereocenters. The van der Waals surface area contributed by atoms with Crippen LogP contribution < -0.4 is 0 Å². The van der Waals surface area contributed by atoms with E-state index in [1.54, 1.807) is 0 Å². The van der Waals surface area contributed by atoms with E-state index in [0.29, 0.717) is 0 Å². The Bertz CT molecular complexity index is 485. The smallest absolute Gasteiger partial charge is 0.168 e. The summed E-state index contributed by atoms with van der Waals surface area (Å²) in [6, 6.07) is 6.22. The molecule has 21 heavy (non-hydrogen) atoms. The van der Waals surface area contributed by atoms with Crippen LogP contribution in [0.25, 0.3) is 0 Å². The van der Waals surface area contributed by atoms with Crippen LogP contribution in [0.2, 0.25) is 5.04 Å². The Morgan fingerprint density at radius 3 is 1.95 bits per heavy atom. The van der Waals surface area contributed by atoms with Crippen LogP contribution in [0.3, 0.4) is 0 Å². The molecule has 0 aliphatic rings. The quantitative estimate of drug-likeness (QED) is 0.635. The van der Waals surface area contributed by atoms with Crippen molar-refractivity contribution in [3.05, 3.63) is 34.9 Å². The van der Waals surface area contributed by atoms with Crippen LogP contribution in [0, 0.1) is 0 Å². The first kappa shape index (κ1) is 18.8. The molecule has 0 spiro atoms. The molecule has 0 fully saturated rings. The highest BCUT2D eigenvalue weighted by atomic mass is 32.1. The molecule has 0 amide bonds. The Balaban J connectivity index is 3.16. The van der Waals surface area contributed by atoms with Crippen LogP contribution in [0.4, 0.5) is 0 Å². The van der Waals surface area contributed by atoms with Crippen molar-refractivity contribution in [2.75, 3.05) is 0 Å². The molecule has 0 saturated carbocycles. The molecule has 1 rings (SSSR count). The Kier molecular flexibility index (Phi) is 5.76. The minimum atomic E-state index is -0.645. The van der Waals surface area contributed by atoms with Crippen molar-refractivity contribution in [3.63, 3.8) is 0 Å². The van der Waals surface area contributed by atoms with E-state index in [0.717, 1.165) is 16.7 Å². The highest BCUT2D eigenvalue weighted by Crippen LogP contribution is 2.34. The molecular weight excluding hydrogens is 296 g/mol. The van der Waals surface area contributed by atoms with Crippen LogP contribution in [0.15, 0.2) is 18.2 Å². The van der Waals surface area contributed by atoms with Crippen LogP contribution >= 0.6 is 12.6 Å². The molecule has 0 aliphatic heterocycles. The maximum absolute atomic E-state index is 9.52. The lowest BCUT2D eigenvalue weighted by atomic mass is 9.90. The second kappa shape index (κ2) is 6.45. The molecule has 0 heterocycles. The summed E-state index contributed by atoms with van der Waals surface area (Å²) in [6.07, 6.45) is 0. The van der Waals surface area contributed by atoms with Gasteiger partial charge in [0.1, 0.15) is 0 Å². The van der Waals surface area contributed by atoms with Gasteiger partial charge in [-0.1, -0.05) is 39.0 Å². The summed E-state index contributed by atoms with van der Waals surface area (Å²) in [6.45, 7) is 15.1. The lowest BCUT2D eigenvalue weighted by Gasteiger charge is -2.32. The van der Waals surface area contributed by atoms with Crippen molar-refractivity contribution in [1.82, 2.24) is 0 Å². The third kappa shape index (κ3) is 5.78. The van der Waals surface area contributed by atoms with E-state index >= 15 is 0 Å². The predicted octanol–water partition coefficient (Wildman–Crippen LogP) is 3.90. The summed E-state index contributed by atoms with van der Waals surface area (Å²) in [7, 11) is -0.645. The maximum atomic E-state index is 9.52. The second-order valence-corrected chi connectivity index (χ2v) is 11.8.